The molecule has 3 aromatic heterocycles. The van der Waals surface area contributed by atoms with Crippen LogP contribution in [-0.4, -0.2) is 123 Å². The highest BCUT2D eigenvalue weighted by atomic mass is 35.5. The number of halogens is 1. The van der Waals surface area contributed by atoms with Crippen molar-refractivity contribution in [1.29, 1.82) is 0 Å². The predicted octanol–water partition coefficient (Wildman–Crippen LogP) is 10.4. The Morgan fingerprint density at radius 3 is 1.18 bits per heavy atom. The van der Waals surface area contributed by atoms with Gasteiger partial charge in [-0.2, -0.15) is 0 Å². The molecule has 0 aliphatic carbocycles. The summed E-state index contributed by atoms with van der Waals surface area (Å²) >= 11 is 6.11. The Kier molecular flexibility index (Phi) is 13.9. The quantitative estimate of drug-likeness (QED) is 0.0938. The van der Waals surface area contributed by atoms with Crippen LogP contribution in [0, 0.1) is 0 Å². The Morgan fingerprint density at radius 2 is 0.779 bits per heavy atom. The summed E-state index contributed by atoms with van der Waals surface area (Å²) in [7, 11) is 0. The number of benzene rings is 4. The minimum Gasteiger partial charge on any atom is -0.354 e. The first-order chi connectivity index (χ1) is 37.7. The Morgan fingerprint density at radius 1 is 0.442 bits per heavy atom. The van der Waals surface area contributed by atoms with Gasteiger partial charge in [-0.1, -0.05) is 72.8 Å². The van der Waals surface area contributed by atoms with Gasteiger partial charge in [0.1, 0.15) is 5.88 Å². The minimum atomic E-state index is -0.358. The van der Waals surface area contributed by atoms with E-state index in [1.807, 2.05) is 146 Å². The number of aromatic nitrogens is 4. The van der Waals surface area contributed by atoms with E-state index < -0.39 is 0 Å². The van der Waals surface area contributed by atoms with E-state index in [0.29, 0.717) is 118 Å². The number of carbonyl (C=O) groups is 4. The van der Waals surface area contributed by atoms with Gasteiger partial charge in [0.2, 0.25) is 23.6 Å². The van der Waals surface area contributed by atoms with Crippen LogP contribution in [0.25, 0.3) is 90.9 Å². The van der Waals surface area contributed by atoms with Gasteiger partial charge in [-0.25, -0.2) is 9.97 Å². The number of hydrogen-bond donors (Lipinski definition) is 6. The van der Waals surface area contributed by atoms with Gasteiger partial charge in [0, 0.05) is 89.3 Å². The molecule has 0 radical (unpaired) electrons. The fraction of sp³-hybridized carbons (Fsp3) is 0.213. The van der Waals surface area contributed by atoms with E-state index in [9.17, 15) is 19.2 Å². The standard InChI is InChI=1S/C61H56ClN11O4/c62-34-54(74)67-42-16-5-1-12-38(42)58-46-20-22-48(63-46)59-39-13-2-6-17-43(39)68-55(75)35-71-28-9-29-72-31-11-33-73(32-10-30-71)37-57(77)70-45-19-8-4-15-41(45)61(52-26-24-50(59)65-52)53-27-25-51(66-53)60(49-23-21-47(58)64-49)40-14-3-7-18-44(40)69-56(76)36-72/h1-8,12-27,63-64H,9-11,28-37H2,(H,67,74)(H,68,75)(H,69,76)(H,70,77). The van der Waals surface area contributed by atoms with Gasteiger partial charge in [0.25, 0.3) is 0 Å². The number of para-hydroxylation sites is 4. The van der Waals surface area contributed by atoms with Crippen molar-refractivity contribution in [2.24, 2.45) is 0 Å². The van der Waals surface area contributed by atoms with E-state index in [1.165, 1.54) is 0 Å². The third kappa shape index (κ3) is 10.3. The van der Waals surface area contributed by atoms with Gasteiger partial charge in [-0.05, 0) is 131 Å². The molecule has 77 heavy (non-hydrogen) atoms. The number of nitrogens with one attached hydrogen (secondary N) is 6. The summed E-state index contributed by atoms with van der Waals surface area (Å²) in [5.41, 5.74) is 13.5. The number of nitrogens with zero attached hydrogens (tertiary/aromatic N) is 5. The number of aromatic amines is 2. The van der Waals surface area contributed by atoms with Gasteiger partial charge in [-0.3, -0.25) is 33.9 Å². The van der Waals surface area contributed by atoms with E-state index in [4.69, 9.17) is 21.6 Å². The summed E-state index contributed by atoms with van der Waals surface area (Å²) in [5, 5.41) is 13.0. The fourth-order valence-corrected chi connectivity index (χ4v) is 11.4. The first-order valence-electron chi connectivity index (χ1n) is 26.2. The van der Waals surface area contributed by atoms with Crippen molar-refractivity contribution in [3.05, 3.63) is 144 Å². The molecule has 15 nitrogen and oxygen atoms in total. The number of H-pyrrole nitrogens is 2. The van der Waals surface area contributed by atoms with Crippen molar-refractivity contribution in [2.45, 2.75) is 19.3 Å². The number of alkyl halides is 1. The zero-order valence-electron chi connectivity index (χ0n) is 42.3. The van der Waals surface area contributed by atoms with Gasteiger partial charge < -0.3 is 31.2 Å². The van der Waals surface area contributed by atoms with Crippen molar-refractivity contribution in [1.82, 2.24) is 34.6 Å². The van der Waals surface area contributed by atoms with E-state index in [1.54, 1.807) is 0 Å². The third-order valence-corrected chi connectivity index (χ3v) is 14.9. The zero-order chi connectivity index (χ0) is 52.4. The smallest absolute Gasteiger partial charge is 0.239 e. The molecule has 6 N–H and O–H groups in total. The van der Waals surface area contributed by atoms with Crippen LogP contribution in [0.3, 0.4) is 0 Å². The van der Waals surface area contributed by atoms with Crippen LogP contribution >= 0.6 is 11.6 Å². The Labute approximate surface area is 450 Å². The van der Waals surface area contributed by atoms with Gasteiger partial charge in [0.05, 0.1) is 42.4 Å². The average Bonchev–Trinajstić information content (AvgIpc) is 4.34. The maximum atomic E-state index is 14.6. The fourth-order valence-electron chi connectivity index (χ4n) is 11.3. The Balaban J connectivity index is 1.24. The molecule has 1 saturated heterocycles. The highest BCUT2D eigenvalue weighted by molar-refractivity contribution is 6.29. The van der Waals surface area contributed by atoms with Crippen LogP contribution in [-0.2, 0) is 19.2 Å². The van der Waals surface area contributed by atoms with E-state index >= 15 is 0 Å². The summed E-state index contributed by atoms with van der Waals surface area (Å²) in [6.07, 6.45) is 10.1. The largest absolute Gasteiger partial charge is 0.354 e. The monoisotopic (exact) mass is 1040 g/mol. The van der Waals surface area contributed by atoms with Gasteiger partial charge in [0.15, 0.2) is 0 Å². The normalized spacial score (nSPS) is 18.6. The number of amides is 4. The molecule has 16 heteroatoms. The third-order valence-electron chi connectivity index (χ3n) is 14.7. The Bertz CT molecular complexity index is 3570. The summed E-state index contributed by atoms with van der Waals surface area (Å²) in [6.45, 7) is 4.18. The highest BCUT2D eigenvalue weighted by Crippen LogP contribution is 2.43. The van der Waals surface area contributed by atoms with Crippen LogP contribution in [0.1, 0.15) is 42.0 Å². The van der Waals surface area contributed by atoms with Crippen LogP contribution in [0.5, 0.6) is 0 Å². The second kappa shape index (κ2) is 21.6. The molecule has 7 aromatic rings. The lowest BCUT2D eigenvalue weighted by molar-refractivity contribution is -0.117. The molecule has 1 fully saturated rings. The lowest BCUT2D eigenvalue weighted by Crippen LogP contribution is -2.42. The van der Waals surface area contributed by atoms with Crippen molar-refractivity contribution in [3.8, 4) is 44.5 Å². The van der Waals surface area contributed by atoms with Crippen molar-refractivity contribution in [2.75, 3.05) is 86.0 Å². The molecule has 2 unspecified atom stereocenters. The predicted molar refractivity (Wildman–Crippen MR) is 309 cm³/mol. The molecule has 4 aromatic carbocycles. The number of rotatable bonds is 3. The van der Waals surface area contributed by atoms with Crippen molar-refractivity contribution >= 4 is 104 Å². The lowest BCUT2D eigenvalue weighted by Gasteiger charge is -2.29. The maximum Gasteiger partial charge on any atom is 0.239 e. The topological polar surface area (TPSA) is 183 Å². The average molecular weight is 1040 g/mol. The first-order valence-corrected chi connectivity index (χ1v) is 26.7. The van der Waals surface area contributed by atoms with Crippen LogP contribution in [0.2, 0.25) is 0 Å². The van der Waals surface area contributed by atoms with Crippen molar-refractivity contribution in [3.63, 3.8) is 0 Å². The highest BCUT2D eigenvalue weighted by Gasteiger charge is 2.26. The van der Waals surface area contributed by atoms with Crippen LogP contribution in [0.4, 0.5) is 22.7 Å². The lowest BCUT2D eigenvalue weighted by atomic mass is 10.00. The molecule has 8 heterocycles. The van der Waals surface area contributed by atoms with E-state index in [-0.39, 0.29) is 49.1 Å². The van der Waals surface area contributed by atoms with Crippen LogP contribution in [0.15, 0.2) is 121 Å². The summed E-state index contributed by atoms with van der Waals surface area (Å²) in [4.78, 5) is 81.8. The molecule has 4 amide bonds. The maximum absolute atomic E-state index is 14.6. The minimum absolute atomic E-state index is 0.130. The zero-order valence-corrected chi connectivity index (χ0v) is 43.1. The number of carbonyl (C=O) groups excluding carboxylic acids is 4. The Hall–Kier alpha value is -8.47. The second-order valence-electron chi connectivity index (χ2n) is 19.9. The van der Waals surface area contributed by atoms with Gasteiger partial charge >= 0.3 is 0 Å². The number of hydrogen-bond acceptors (Lipinski definition) is 9. The molecule has 2 atom stereocenters. The second-order valence-corrected chi connectivity index (χ2v) is 20.2. The summed E-state index contributed by atoms with van der Waals surface area (Å²) in [6, 6.07) is 39.0. The first kappa shape index (κ1) is 49.4. The van der Waals surface area contributed by atoms with Crippen molar-refractivity contribution < 1.29 is 19.2 Å². The number of fused-ring (bicyclic) bond motifs is 18. The molecule has 14 bridgehead atoms. The van der Waals surface area contributed by atoms with Gasteiger partial charge in [-0.15, -0.1) is 11.6 Å². The molecule has 386 valence electrons. The molecule has 5 aliphatic rings. The molecular weight excluding hydrogens is 986 g/mol. The molecule has 0 spiro atoms. The van der Waals surface area contributed by atoms with E-state index in [0.717, 1.165) is 52.6 Å². The van der Waals surface area contributed by atoms with E-state index in [2.05, 4.69) is 45.9 Å². The molecule has 0 saturated carbocycles. The number of anilines is 4. The molecular formula is C61H56ClN11O4. The molecule has 5 aliphatic heterocycles. The SMILES string of the molecule is O=C1CN2CCCN3CCCN(CCC2)CC(=O)Nc2ccccc2-c2c4nc(c(c5nc(c(c6ccc([nH]6)c(-c6ccccc6NC(=O)CCl)c6ccc2[nH]6)-c2ccccc2NC(=O)C3)C=C5)-c2ccccc2N1)C=C4. The summed E-state index contributed by atoms with van der Waals surface area (Å²) in [5.74, 6) is -1.10. The summed E-state index contributed by atoms with van der Waals surface area (Å²) < 4.78 is 0. The van der Waals surface area contributed by atoms with Crippen LogP contribution < -0.4 is 21.3 Å². The molecule has 12 rings (SSSR count).